The number of ether oxygens (including phenoxy) is 1. The number of anilines is 2. The quantitative estimate of drug-likeness (QED) is 0.461. The smallest absolute Gasteiger partial charge is 0.155 e. The standard InChI is InChI=1S/C26H28N4O.ClH/c1-17-18(2)30(15-19-7-6-10-22(13-19)31-3)25-23(17)14-24(27)28-26(25)29-12-11-20-8-4-5-9-21(20)16-29;/h4-10,13-14H,11-12,15-16H2,1-3H3,(H2,27,28);1H. The normalized spacial score (nSPS) is 13.0. The van der Waals surface area contributed by atoms with E-state index in [1.165, 1.54) is 33.3 Å². The molecule has 0 fully saturated rings. The van der Waals surface area contributed by atoms with Crippen molar-refractivity contribution in [1.82, 2.24) is 9.55 Å². The Morgan fingerprint density at radius 2 is 1.81 bits per heavy atom. The summed E-state index contributed by atoms with van der Waals surface area (Å²) in [6.07, 6.45) is 1.02. The van der Waals surface area contributed by atoms with E-state index < -0.39 is 0 Å². The lowest BCUT2D eigenvalue weighted by Gasteiger charge is -2.31. The van der Waals surface area contributed by atoms with Gasteiger partial charge >= 0.3 is 0 Å². The van der Waals surface area contributed by atoms with E-state index >= 15 is 0 Å². The number of benzene rings is 2. The molecular formula is C26H29ClN4O. The minimum absolute atomic E-state index is 0. The number of nitrogen functional groups attached to an aromatic ring is 1. The van der Waals surface area contributed by atoms with E-state index in [1.54, 1.807) is 7.11 Å². The third-order valence-electron chi connectivity index (χ3n) is 6.52. The molecule has 1 aliphatic heterocycles. The van der Waals surface area contributed by atoms with Gasteiger partial charge in [0, 0.05) is 30.7 Å². The van der Waals surface area contributed by atoms with Gasteiger partial charge in [0.1, 0.15) is 11.6 Å². The van der Waals surface area contributed by atoms with Gasteiger partial charge in [-0.3, -0.25) is 0 Å². The van der Waals surface area contributed by atoms with Crippen LogP contribution >= 0.6 is 12.4 Å². The summed E-state index contributed by atoms with van der Waals surface area (Å²) in [5.41, 5.74) is 13.9. The number of rotatable bonds is 4. The molecule has 3 heterocycles. The summed E-state index contributed by atoms with van der Waals surface area (Å²) in [5, 5.41) is 1.18. The minimum atomic E-state index is 0. The average Bonchev–Trinajstić information content (AvgIpc) is 3.03. The fourth-order valence-electron chi connectivity index (χ4n) is 4.71. The number of pyridine rings is 1. The van der Waals surface area contributed by atoms with Crippen LogP contribution in [0.3, 0.4) is 0 Å². The van der Waals surface area contributed by atoms with Crippen molar-refractivity contribution in [2.75, 3.05) is 24.3 Å². The summed E-state index contributed by atoms with van der Waals surface area (Å²) < 4.78 is 7.81. The van der Waals surface area contributed by atoms with E-state index in [4.69, 9.17) is 15.5 Å². The molecule has 2 N–H and O–H groups in total. The number of aryl methyl sites for hydroxylation is 1. The number of hydrogen-bond donors (Lipinski definition) is 1. The van der Waals surface area contributed by atoms with Gasteiger partial charge in [0.25, 0.3) is 0 Å². The first-order valence-electron chi connectivity index (χ1n) is 10.8. The second-order valence-corrected chi connectivity index (χ2v) is 8.36. The second kappa shape index (κ2) is 8.75. The molecule has 2 aromatic heterocycles. The zero-order valence-corrected chi connectivity index (χ0v) is 19.6. The Morgan fingerprint density at radius 3 is 2.59 bits per heavy atom. The number of halogens is 1. The van der Waals surface area contributed by atoms with Gasteiger partial charge in [-0.05, 0) is 60.7 Å². The second-order valence-electron chi connectivity index (χ2n) is 8.36. The lowest BCUT2D eigenvalue weighted by Crippen LogP contribution is -2.31. The fraction of sp³-hybridized carbons (Fsp3) is 0.269. The fourth-order valence-corrected chi connectivity index (χ4v) is 4.71. The van der Waals surface area contributed by atoms with Crippen LogP contribution in [0.2, 0.25) is 0 Å². The van der Waals surface area contributed by atoms with Gasteiger partial charge in [-0.15, -0.1) is 12.4 Å². The maximum atomic E-state index is 6.28. The summed E-state index contributed by atoms with van der Waals surface area (Å²) in [6, 6.07) is 19.0. The molecule has 5 nitrogen and oxygen atoms in total. The van der Waals surface area contributed by atoms with Gasteiger partial charge < -0.3 is 19.9 Å². The number of methoxy groups -OCH3 is 1. The molecule has 0 radical (unpaired) electrons. The molecule has 0 aliphatic carbocycles. The van der Waals surface area contributed by atoms with Crippen LogP contribution in [-0.2, 0) is 19.5 Å². The first-order chi connectivity index (χ1) is 15.0. The third-order valence-corrected chi connectivity index (χ3v) is 6.52. The Hall–Kier alpha value is -3.18. The lowest BCUT2D eigenvalue weighted by molar-refractivity contribution is 0.414. The number of aromatic nitrogens is 2. The van der Waals surface area contributed by atoms with Crippen molar-refractivity contribution in [3.8, 4) is 5.75 Å². The van der Waals surface area contributed by atoms with E-state index in [9.17, 15) is 0 Å². The maximum Gasteiger partial charge on any atom is 0.155 e. The summed E-state index contributed by atoms with van der Waals surface area (Å²) in [7, 11) is 1.71. The van der Waals surface area contributed by atoms with Gasteiger partial charge in [-0.2, -0.15) is 0 Å². The Morgan fingerprint density at radius 1 is 1.03 bits per heavy atom. The molecule has 1 aliphatic rings. The Balaban J connectivity index is 0.00000245. The van der Waals surface area contributed by atoms with Crippen molar-refractivity contribution >= 4 is 34.9 Å². The van der Waals surface area contributed by atoms with Crippen molar-refractivity contribution in [1.29, 1.82) is 0 Å². The van der Waals surface area contributed by atoms with Crippen LogP contribution in [0.1, 0.15) is 27.9 Å². The predicted octanol–water partition coefficient (Wildman–Crippen LogP) is 5.28. The maximum absolute atomic E-state index is 6.28. The van der Waals surface area contributed by atoms with Crippen LogP contribution in [-0.4, -0.2) is 23.2 Å². The molecule has 2 aromatic carbocycles. The number of nitrogens with zero attached hydrogens (tertiary/aromatic N) is 3. The van der Waals surface area contributed by atoms with Gasteiger partial charge in [0.2, 0.25) is 0 Å². The topological polar surface area (TPSA) is 56.3 Å². The van der Waals surface area contributed by atoms with Gasteiger partial charge in [0.05, 0.1) is 12.6 Å². The van der Waals surface area contributed by atoms with Gasteiger partial charge in [0.15, 0.2) is 5.82 Å². The summed E-state index contributed by atoms with van der Waals surface area (Å²) in [5.74, 6) is 2.42. The van der Waals surface area contributed by atoms with Crippen LogP contribution in [0.4, 0.5) is 11.6 Å². The zero-order valence-electron chi connectivity index (χ0n) is 18.8. The molecule has 0 saturated heterocycles. The van der Waals surface area contributed by atoms with Crippen molar-refractivity contribution < 1.29 is 4.74 Å². The Kier molecular flexibility index (Phi) is 6.02. The first kappa shape index (κ1) is 22.0. The minimum Gasteiger partial charge on any atom is -0.497 e. The molecule has 0 atom stereocenters. The molecular weight excluding hydrogens is 420 g/mol. The van der Waals surface area contributed by atoms with E-state index in [2.05, 4.69) is 59.7 Å². The number of fused-ring (bicyclic) bond motifs is 2. The lowest BCUT2D eigenvalue weighted by atomic mass is 10.00. The third kappa shape index (κ3) is 3.78. The average molecular weight is 449 g/mol. The van der Waals surface area contributed by atoms with Gasteiger partial charge in [-0.1, -0.05) is 36.4 Å². The van der Waals surface area contributed by atoms with Gasteiger partial charge in [-0.25, -0.2) is 4.98 Å². The zero-order chi connectivity index (χ0) is 21.5. The number of nitrogens with two attached hydrogens (primary N) is 1. The van der Waals surface area contributed by atoms with Crippen molar-refractivity contribution in [3.63, 3.8) is 0 Å². The molecule has 166 valence electrons. The van der Waals surface area contributed by atoms with Crippen LogP contribution in [0.25, 0.3) is 10.9 Å². The molecule has 0 spiro atoms. The van der Waals surface area contributed by atoms with Crippen molar-refractivity contribution in [2.45, 2.75) is 33.4 Å². The van der Waals surface area contributed by atoms with Crippen LogP contribution in [0, 0.1) is 13.8 Å². The SMILES string of the molecule is COc1cccc(Cn2c(C)c(C)c3cc(N)nc(N4CCc5ccccc5C4)c32)c1.Cl. The Bertz CT molecular complexity index is 1280. The molecule has 6 heteroatoms. The monoisotopic (exact) mass is 448 g/mol. The highest BCUT2D eigenvalue weighted by molar-refractivity contribution is 5.95. The van der Waals surface area contributed by atoms with Crippen LogP contribution < -0.4 is 15.4 Å². The highest BCUT2D eigenvalue weighted by Gasteiger charge is 2.23. The molecule has 0 saturated carbocycles. The van der Waals surface area contributed by atoms with Crippen molar-refractivity contribution in [2.24, 2.45) is 0 Å². The number of hydrogen-bond acceptors (Lipinski definition) is 4. The van der Waals surface area contributed by atoms with E-state index in [1.807, 2.05) is 18.2 Å². The van der Waals surface area contributed by atoms with E-state index in [0.717, 1.165) is 43.1 Å². The largest absolute Gasteiger partial charge is 0.497 e. The summed E-state index contributed by atoms with van der Waals surface area (Å²) >= 11 is 0. The summed E-state index contributed by atoms with van der Waals surface area (Å²) in [4.78, 5) is 7.22. The molecule has 32 heavy (non-hydrogen) atoms. The van der Waals surface area contributed by atoms with Crippen LogP contribution in [0.15, 0.2) is 54.6 Å². The molecule has 5 rings (SSSR count). The van der Waals surface area contributed by atoms with Crippen molar-refractivity contribution in [3.05, 3.63) is 82.5 Å². The Labute approximate surface area is 195 Å². The molecule has 0 bridgehead atoms. The van der Waals surface area contributed by atoms with E-state index in [-0.39, 0.29) is 12.4 Å². The molecule has 0 amide bonds. The highest BCUT2D eigenvalue weighted by Crippen LogP contribution is 2.36. The van der Waals surface area contributed by atoms with Crippen LogP contribution in [0.5, 0.6) is 5.75 Å². The highest BCUT2D eigenvalue weighted by atomic mass is 35.5. The molecule has 0 unspecified atom stereocenters. The predicted molar refractivity (Wildman–Crippen MR) is 134 cm³/mol. The summed E-state index contributed by atoms with van der Waals surface area (Å²) in [6.45, 7) is 6.90. The molecule has 4 aromatic rings. The first-order valence-corrected chi connectivity index (χ1v) is 10.8. The van der Waals surface area contributed by atoms with E-state index in [0.29, 0.717) is 5.82 Å².